The molecule has 6 heteroatoms. The van der Waals surface area contributed by atoms with Gasteiger partial charge in [0.1, 0.15) is 0 Å². The van der Waals surface area contributed by atoms with E-state index < -0.39 is 0 Å². The smallest absolute Gasteiger partial charge is 0.188 e. The fraction of sp³-hybridized carbons (Fsp3) is 0.692. The maximum atomic E-state index is 5.88. The van der Waals surface area contributed by atoms with Crippen molar-refractivity contribution < 1.29 is 0 Å². The Morgan fingerprint density at radius 1 is 1.47 bits per heavy atom. The lowest BCUT2D eigenvalue weighted by molar-refractivity contribution is 0.412. The van der Waals surface area contributed by atoms with Crippen LogP contribution in [0.25, 0.3) is 0 Å². The maximum absolute atomic E-state index is 5.88. The van der Waals surface area contributed by atoms with Crippen molar-refractivity contribution in [2.75, 3.05) is 6.54 Å². The normalized spacial score (nSPS) is 17.0. The Bertz CT molecular complexity index is 395. The van der Waals surface area contributed by atoms with Gasteiger partial charge in [-0.2, -0.15) is 5.10 Å². The second kappa shape index (κ2) is 8.39. The first-order chi connectivity index (χ1) is 8.74. The number of nitrogens with zero attached hydrogens (tertiary/aromatic N) is 3. The number of guanidine groups is 1. The number of hydrogen-bond acceptors (Lipinski definition) is 2. The van der Waals surface area contributed by atoms with Gasteiger partial charge in [0.2, 0.25) is 0 Å². The van der Waals surface area contributed by atoms with Gasteiger partial charge in [0.25, 0.3) is 0 Å². The summed E-state index contributed by atoms with van der Waals surface area (Å²) in [6, 6.07) is 0.523. The molecule has 1 fully saturated rings. The number of hydrogen-bond donors (Lipinski definition) is 2. The van der Waals surface area contributed by atoms with Crippen LogP contribution in [0.1, 0.15) is 37.7 Å². The van der Waals surface area contributed by atoms with Crippen molar-refractivity contribution in [1.29, 1.82) is 0 Å². The number of nitrogens with two attached hydrogens (primary N) is 1. The van der Waals surface area contributed by atoms with Crippen LogP contribution in [-0.2, 0) is 6.54 Å². The van der Waals surface area contributed by atoms with E-state index in [-0.39, 0.29) is 24.0 Å². The van der Waals surface area contributed by atoms with Crippen LogP contribution < -0.4 is 11.1 Å². The first-order valence-electron chi connectivity index (χ1n) is 6.79. The Balaban J connectivity index is 0.00000180. The topological polar surface area (TPSA) is 68.2 Å². The molecule has 1 aromatic rings. The SMILES string of the molecule is Cc1cnn(CCN=C(N)NC2CCCCC2)c1.I. The van der Waals surface area contributed by atoms with Crippen molar-refractivity contribution in [3.63, 3.8) is 0 Å². The lowest BCUT2D eigenvalue weighted by Crippen LogP contribution is -2.41. The summed E-state index contributed by atoms with van der Waals surface area (Å²) in [4.78, 5) is 4.35. The highest BCUT2D eigenvalue weighted by Gasteiger charge is 2.12. The summed E-state index contributed by atoms with van der Waals surface area (Å²) in [5.74, 6) is 0.575. The molecule has 1 aromatic heterocycles. The van der Waals surface area contributed by atoms with Crippen LogP contribution in [0.3, 0.4) is 0 Å². The Kier molecular flexibility index (Phi) is 7.19. The molecule has 108 valence electrons. The molecule has 2 rings (SSSR count). The molecule has 1 saturated carbocycles. The monoisotopic (exact) mass is 377 g/mol. The van der Waals surface area contributed by atoms with E-state index in [0.29, 0.717) is 18.5 Å². The molecule has 1 heterocycles. The Morgan fingerprint density at radius 3 is 2.84 bits per heavy atom. The molecule has 0 spiro atoms. The van der Waals surface area contributed by atoms with E-state index in [0.717, 1.165) is 6.54 Å². The van der Waals surface area contributed by atoms with E-state index >= 15 is 0 Å². The van der Waals surface area contributed by atoms with Crippen LogP contribution in [-0.4, -0.2) is 28.3 Å². The van der Waals surface area contributed by atoms with Gasteiger partial charge in [-0.05, 0) is 25.3 Å². The molecule has 1 aliphatic rings. The van der Waals surface area contributed by atoms with Gasteiger partial charge in [-0.15, -0.1) is 24.0 Å². The predicted molar refractivity (Wildman–Crippen MR) is 88.9 cm³/mol. The van der Waals surface area contributed by atoms with Crippen molar-refractivity contribution in [1.82, 2.24) is 15.1 Å². The fourth-order valence-corrected chi connectivity index (χ4v) is 2.36. The van der Waals surface area contributed by atoms with E-state index in [4.69, 9.17) is 5.73 Å². The number of halogens is 1. The molecular weight excluding hydrogens is 353 g/mol. The van der Waals surface area contributed by atoms with Gasteiger partial charge in [0.15, 0.2) is 5.96 Å². The number of aryl methyl sites for hydroxylation is 1. The zero-order chi connectivity index (χ0) is 12.8. The number of rotatable bonds is 4. The number of aliphatic imine (C=N–C) groups is 1. The minimum absolute atomic E-state index is 0. The zero-order valence-corrected chi connectivity index (χ0v) is 13.8. The van der Waals surface area contributed by atoms with Gasteiger partial charge in [-0.3, -0.25) is 9.67 Å². The van der Waals surface area contributed by atoms with Gasteiger partial charge in [0.05, 0.1) is 19.3 Å². The van der Waals surface area contributed by atoms with E-state index in [2.05, 4.69) is 15.4 Å². The molecule has 0 aromatic carbocycles. The molecule has 0 aliphatic heterocycles. The molecule has 0 radical (unpaired) electrons. The fourth-order valence-electron chi connectivity index (χ4n) is 2.36. The summed E-state index contributed by atoms with van der Waals surface area (Å²) in [7, 11) is 0. The van der Waals surface area contributed by atoms with Crippen molar-refractivity contribution in [2.24, 2.45) is 10.7 Å². The molecule has 3 N–H and O–H groups in total. The second-order valence-corrected chi connectivity index (χ2v) is 5.03. The summed E-state index contributed by atoms with van der Waals surface area (Å²) in [5.41, 5.74) is 7.06. The van der Waals surface area contributed by atoms with Crippen molar-refractivity contribution in [2.45, 2.75) is 51.6 Å². The quantitative estimate of drug-likeness (QED) is 0.480. The average molecular weight is 377 g/mol. The summed E-state index contributed by atoms with van der Waals surface area (Å²) in [6.07, 6.45) is 10.3. The van der Waals surface area contributed by atoms with Gasteiger partial charge in [0, 0.05) is 12.2 Å². The van der Waals surface area contributed by atoms with Crippen LogP contribution in [0.5, 0.6) is 0 Å². The number of nitrogens with one attached hydrogen (secondary N) is 1. The first-order valence-corrected chi connectivity index (χ1v) is 6.79. The summed E-state index contributed by atoms with van der Waals surface area (Å²) >= 11 is 0. The lowest BCUT2D eigenvalue weighted by Gasteiger charge is -2.23. The summed E-state index contributed by atoms with van der Waals surface area (Å²) in [6.45, 7) is 3.49. The molecule has 5 nitrogen and oxygen atoms in total. The van der Waals surface area contributed by atoms with Gasteiger partial charge in [-0.25, -0.2) is 0 Å². The second-order valence-electron chi connectivity index (χ2n) is 5.03. The number of aromatic nitrogens is 2. The summed E-state index contributed by atoms with van der Waals surface area (Å²) in [5, 5.41) is 7.52. The third kappa shape index (κ3) is 5.80. The Hall–Kier alpha value is -0.790. The third-order valence-corrected chi connectivity index (χ3v) is 3.33. The van der Waals surface area contributed by atoms with Crippen LogP contribution in [0, 0.1) is 6.92 Å². The maximum Gasteiger partial charge on any atom is 0.188 e. The Morgan fingerprint density at radius 2 is 2.21 bits per heavy atom. The molecule has 0 saturated heterocycles. The van der Waals surface area contributed by atoms with Gasteiger partial charge in [-0.1, -0.05) is 19.3 Å². The van der Waals surface area contributed by atoms with Gasteiger partial charge < -0.3 is 11.1 Å². The van der Waals surface area contributed by atoms with Crippen LogP contribution in [0.4, 0.5) is 0 Å². The highest BCUT2D eigenvalue weighted by atomic mass is 127. The van der Waals surface area contributed by atoms with Crippen molar-refractivity contribution in [3.8, 4) is 0 Å². The minimum Gasteiger partial charge on any atom is -0.370 e. The van der Waals surface area contributed by atoms with Crippen LogP contribution >= 0.6 is 24.0 Å². The molecular formula is C13H24IN5. The first kappa shape index (κ1) is 16.3. The lowest BCUT2D eigenvalue weighted by atomic mass is 9.96. The Labute approximate surface area is 132 Å². The van der Waals surface area contributed by atoms with E-state index in [1.807, 2.05) is 24.0 Å². The standard InChI is InChI=1S/C13H23N5.HI/c1-11-9-16-18(10-11)8-7-15-13(14)17-12-5-3-2-4-6-12;/h9-10,12H,2-8H2,1H3,(H3,14,15,17);1H. The molecule has 0 unspecified atom stereocenters. The molecule has 0 bridgehead atoms. The summed E-state index contributed by atoms with van der Waals surface area (Å²) < 4.78 is 1.90. The molecule has 19 heavy (non-hydrogen) atoms. The zero-order valence-electron chi connectivity index (χ0n) is 11.5. The van der Waals surface area contributed by atoms with E-state index in [1.165, 1.54) is 37.7 Å². The molecule has 0 amide bonds. The molecule has 0 atom stereocenters. The van der Waals surface area contributed by atoms with Crippen LogP contribution in [0.15, 0.2) is 17.4 Å². The third-order valence-electron chi connectivity index (χ3n) is 3.33. The highest BCUT2D eigenvalue weighted by molar-refractivity contribution is 14.0. The predicted octanol–water partition coefficient (Wildman–Crippen LogP) is 2.05. The largest absolute Gasteiger partial charge is 0.370 e. The molecule has 1 aliphatic carbocycles. The van der Waals surface area contributed by atoms with Gasteiger partial charge >= 0.3 is 0 Å². The van der Waals surface area contributed by atoms with E-state index in [9.17, 15) is 0 Å². The van der Waals surface area contributed by atoms with Crippen molar-refractivity contribution >= 4 is 29.9 Å². The van der Waals surface area contributed by atoms with Crippen LogP contribution in [0.2, 0.25) is 0 Å². The average Bonchev–Trinajstić information content (AvgIpc) is 2.76. The van der Waals surface area contributed by atoms with E-state index in [1.54, 1.807) is 0 Å². The minimum atomic E-state index is 0. The van der Waals surface area contributed by atoms with Crippen molar-refractivity contribution in [3.05, 3.63) is 18.0 Å². The highest BCUT2D eigenvalue weighted by Crippen LogP contribution is 2.16.